The summed E-state index contributed by atoms with van der Waals surface area (Å²) in [6, 6.07) is 11.7. The number of para-hydroxylation sites is 1. The molecule has 2 aliphatic heterocycles. The highest BCUT2D eigenvalue weighted by atomic mass is 16.5. The van der Waals surface area contributed by atoms with Gasteiger partial charge in [0.05, 0.1) is 16.6 Å². The maximum Gasteiger partial charge on any atom is 0.272 e. The summed E-state index contributed by atoms with van der Waals surface area (Å²) < 4.78 is 6.69. The first-order valence-corrected chi connectivity index (χ1v) is 13.4. The van der Waals surface area contributed by atoms with Gasteiger partial charge in [-0.3, -0.25) is 19.0 Å². The van der Waals surface area contributed by atoms with E-state index in [0.29, 0.717) is 37.3 Å². The maximum absolute atomic E-state index is 13.4. The molecule has 0 radical (unpaired) electrons. The van der Waals surface area contributed by atoms with Crippen molar-refractivity contribution in [1.82, 2.24) is 24.7 Å². The Hall–Kier alpha value is -4.28. The summed E-state index contributed by atoms with van der Waals surface area (Å²) in [6.07, 6.45) is 2.22. The Kier molecular flexibility index (Phi) is 7.81. The molecule has 2 amide bonds. The number of likely N-dealkylation sites (N-methyl/N-ethyl adjacent to an activating group) is 1. The van der Waals surface area contributed by atoms with E-state index < -0.39 is 11.5 Å². The van der Waals surface area contributed by atoms with E-state index in [4.69, 9.17) is 4.74 Å². The van der Waals surface area contributed by atoms with Crippen LogP contribution in [0.25, 0.3) is 27.7 Å². The Morgan fingerprint density at radius 1 is 1.10 bits per heavy atom. The number of benzene rings is 2. The highest BCUT2D eigenvalue weighted by Crippen LogP contribution is 2.34. The molecule has 40 heavy (non-hydrogen) atoms. The summed E-state index contributed by atoms with van der Waals surface area (Å²) in [7, 11) is 1.99. The van der Waals surface area contributed by atoms with Crippen molar-refractivity contribution in [3.63, 3.8) is 0 Å². The Morgan fingerprint density at radius 2 is 1.88 bits per heavy atom. The zero-order chi connectivity index (χ0) is 28.4. The first-order valence-electron chi connectivity index (χ1n) is 13.4. The number of nitrogens with zero attached hydrogens (tertiary/aromatic N) is 5. The Morgan fingerprint density at radius 3 is 2.62 bits per heavy atom. The lowest BCUT2D eigenvalue weighted by Gasteiger charge is -2.32. The van der Waals surface area contributed by atoms with Crippen LogP contribution < -0.4 is 15.8 Å². The molecule has 0 unspecified atom stereocenters. The van der Waals surface area contributed by atoms with Gasteiger partial charge in [0, 0.05) is 52.0 Å². The molecule has 0 saturated carbocycles. The number of piperazine rings is 1. The van der Waals surface area contributed by atoms with Crippen molar-refractivity contribution in [2.75, 3.05) is 58.0 Å². The number of hydrogen-bond acceptors (Lipinski definition) is 7. The van der Waals surface area contributed by atoms with Crippen LogP contribution in [0.15, 0.2) is 66.4 Å². The number of rotatable bonds is 8. The topological polar surface area (TPSA) is 100 Å². The predicted octanol–water partition coefficient (Wildman–Crippen LogP) is 2.54. The van der Waals surface area contributed by atoms with Crippen LogP contribution in [0.2, 0.25) is 0 Å². The second kappa shape index (κ2) is 11.4. The van der Waals surface area contributed by atoms with Crippen LogP contribution in [0.3, 0.4) is 0 Å². The van der Waals surface area contributed by atoms with Crippen molar-refractivity contribution in [3.05, 3.63) is 77.5 Å². The number of carbonyl (C=O) groups excluding carboxylic acids is 2. The number of hydrogen-bond donors (Lipinski definition) is 1. The van der Waals surface area contributed by atoms with Crippen LogP contribution in [0.4, 0.5) is 5.69 Å². The second-order valence-corrected chi connectivity index (χ2v) is 10.1. The average molecular weight is 545 g/mol. The molecule has 0 aliphatic carbocycles. The van der Waals surface area contributed by atoms with Gasteiger partial charge in [-0.1, -0.05) is 31.4 Å². The molecular formula is C30H36N6O4. The van der Waals surface area contributed by atoms with E-state index in [0.717, 1.165) is 47.4 Å². The lowest BCUT2D eigenvalue weighted by molar-refractivity contribution is -0.130. The summed E-state index contributed by atoms with van der Waals surface area (Å²) >= 11 is 0. The van der Waals surface area contributed by atoms with Gasteiger partial charge < -0.3 is 24.8 Å². The standard InChI is InChI=1S/C30H34N6O4.H2/c1-5-40-19-35-12-11-23-17-22(9-10-26(23)35)24-7-6-8-25-27(24)31-18-36(30(25)39)21(3)28(37)32-20(2)29(38)34-15-13-33(4)14-16-34;/h6-10,17-18H,2-3,5,11-16,19H2,1,4H3,(H,32,37);1H. The third kappa shape index (κ3) is 5.28. The van der Waals surface area contributed by atoms with E-state index in [2.05, 4.69) is 45.4 Å². The molecule has 1 fully saturated rings. The Bertz CT molecular complexity index is 1560. The van der Waals surface area contributed by atoms with Gasteiger partial charge in [0.15, 0.2) is 0 Å². The third-order valence-electron chi connectivity index (χ3n) is 7.49. The van der Waals surface area contributed by atoms with Gasteiger partial charge in [0.2, 0.25) is 0 Å². The normalized spacial score (nSPS) is 15.2. The highest BCUT2D eigenvalue weighted by molar-refractivity contribution is 6.15. The van der Waals surface area contributed by atoms with Crippen LogP contribution in [-0.2, 0) is 20.7 Å². The number of fused-ring (bicyclic) bond motifs is 2. The van der Waals surface area contributed by atoms with Crippen LogP contribution in [0, 0.1) is 0 Å². The zero-order valence-corrected chi connectivity index (χ0v) is 23.0. The summed E-state index contributed by atoms with van der Waals surface area (Å²) in [5.41, 5.74) is 4.07. The molecule has 2 aliphatic rings. The summed E-state index contributed by atoms with van der Waals surface area (Å²) in [5.74, 6) is -1.04. The molecular weight excluding hydrogens is 508 g/mol. The summed E-state index contributed by atoms with van der Waals surface area (Å²) in [6.45, 7) is 14.2. The number of amides is 2. The van der Waals surface area contributed by atoms with Crippen molar-refractivity contribution in [1.29, 1.82) is 0 Å². The summed E-state index contributed by atoms with van der Waals surface area (Å²) in [4.78, 5) is 49.6. The number of nitrogens with one attached hydrogen (secondary N) is 1. The molecule has 3 heterocycles. The average Bonchev–Trinajstić information content (AvgIpc) is 3.37. The van der Waals surface area contributed by atoms with Crippen LogP contribution in [0.5, 0.6) is 0 Å². The van der Waals surface area contributed by atoms with Crippen molar-refractivity contribution in [2.45, 2.75) is 13.3 Å². The van der Waals surface area contributed by atoms with Crippen LogP contribution >= 0.6 is 0 Å². The van der Waals surface area contributed by atoms with E-state index in [1.807, 2.05) is 26.1 Å². The molecule has 0 spiro atoms. The van der Waals surface area contributed by atoms with Gasteiger partial charge in [0.25, 0.3) is 17.4 Å². The van der Waals surface area contributed by atoms with Gasteiger partial charge in [-0.15, -0.1) is 0 Å². The fraction of sp³-hybridized carbons (Fsp3) is 0.333. The molecule has 3 aromatic rings. The number of anilines is 1. The van der Waals surface area contributed by atoms with Crippen molar-refractivity contribution >= 4 is 34.1 Å². The molecule has 0 atom stereocenters. The lowest BCUT2D eigenvalue weighted by Crippen LogP contribution is -2.49. The van der Waals surface area contributed by atoms with Gasteiger partial charge in [0.1, 0.15) is 18.8 Å². The molecule has 1 aromatic heterocycles. The molecule has 210 valence electrons. The number of ether oxygens (including phenoxy) is 1. The molecule has 2 aromatic carbocycles. The van der Waals surface area contributed by atoms with Crippen molar-refractivity contribution in [2.24, 2.45) is 0 Å². The van der Waals surface area contributed by atoms with E-state index in [9.17, 15) is 14.4 Å². The quantitative estimate of drug-likeness (QED) is 0.435. The van der Waals surface area contributed by atoms with Gasteiger partial charge >= 0.3 is 0 Å². The van der Waals surface area contributed by atoms with Gasteiger partial charge in [-0.25, -0.2) is 4.98 Å². The van der Waals surface area contributed by atoms with E-state index in [1.54, 1.807) is 17.0 Å². The van der Waals surface area contributed by atoms with E-state index in [-0.39, 0.29) is 18.7 Å². The third-order valence-corrected chi connectivity index (χ3v) is 7.49. The lowest BCUT2D eigenvalue weighted by atomic mass is 9.99. The first kappa shape index (κ1) is 27.3. The minimum absolute atomic E-state index is 0. The Labute approximate surface area is 234 Å². The second-order valence-electron chi connectivity index (χ2n) is 10.1. The molecule has 1 N–H and O–H groups in total. The molecule has 0 bridgehead atoms. The van der Waals surface area contributed by atoms with Crippen molar-refractivity contribution < 1.29 is 15.8 Å². The van der Waals surface area contributed by atoms with E-state index in [1.165, 1.54) is 11.9 Å². The number of carbonyl (C=O) groups is 2. The fourth-order valence-electron chi connectivity index (χ4n) is 5.12. The minimum Gasteiger partial charge on any atom is -0.361 e. The summed E-state index contributed by atoms with van der Waals surface area (Å²) in [5, 5.41) is 2.86. The molecule has 10 nitrogen and oxygen atoms in total. The molecule has 1 saturated heterocycles. The van der Waals surface area contributed by atoms with E-state index >= 15 is 0 Å². The first-order chi connectivity index (χ1) is 19.3. The van der Waals surface area contributed by atoms with Gasteiger partial charge in [-0.05, 0) is 49.7 Å². The smallest absolute Gasteiger partial charge is 0.272 e. The maximum atomic E-state index is 13.4. The molecule has 5 rings (SSSR count). The van der Waals surface area contributed by atoms with Crippen molar-refractivity contribution in [3.8, 4) is 11.1 Å². The van der Waals surface area contributed by atoms with Crippen LogP contribution in [0.1, 0.15) is 13.9 Å². The SMILES string of the molecule is C=C(NC(=O)C(=C)n1cnc2c(-c3ccc4c(c3)CCN4COCC)cccc2c1=O)C(=O)N1CCN(C)CC1.[HH]. The fourth-order valence-corrected chi connectivity index (χ4v) is 5.12. The molecule has 10 heteroatoms. The monoisotopic (exact) mass is 544 g/mol. The van der Waals surface area contributed by atoms with Gasteiger partial charge in [-0.2, -0.15) is 0 Å². The number of aromatic nitrogens is 2. The zero-order valence-electron chi connectivity index (χ0n) is 23.0. The highest BCUT2D eigenvalue weighted by Gasteiger charge is 2.24. The van der Waals surface area contributed by atoms with Crippen LogP contribution in [-0.4, -0.2) is 84.3 Å². The largest absolute Gasteiger partial charge is 0.361 e. The predicted molar refractivity (Wildman–Crippen MR) is 158 cm³/mol. The minimum atomic E-state index is -0.692. The Balaban J connectivity index is 0.00000387.